The van der Waals surface area contributed by atoms with Gasteiger partial charge in [-0.1, -0.05) is 19.9 Å². The van der Waals surface area contributed by atoms with Gasteiger partial charge in [-0.05, 0) is 38.6 Å². The van der Waals surface area contributed by atoms with E-state index in [1.807, 2.05) is 18.3 Å². The summed E-state index contributed by atoms with van der Waals surface area (Å²) < 4.78 is 0. The molecule has 1 rings (SSSR count). The minimum atomic E-state index is -0.383. The number of pyridine rings is 1. The van der Waals surface area contributed by atoms with Crippen molar-refractivity contribution in [2.24, 2.45) is 0 Å². The molecule has 0 radical (unpaired) electrons. The third-order valence-electron chi connectivity index (χ3n) is 3.55. The summed E-state index contributed by atoms with van der Waals surface area (Å²) in [5.74, 6) is 0. The van der Waals surface area contributed by atoms with Crippen LogP contribution in [0.15, 0.2) is 24.5 Å². The molecule has 3 heteroatoms. The number of nitrogens with zero attached hydrogens (tertiary/aromatic N) is 2. The molecule has 1 N–H and O–H groups in total. The zero-order chi connectivity index (χ0) is 12.9. The van der Waals surface area contributed by atoms with Crippen LogP contribution in [-0.2, 0) is 6.42 Å². The van der Waals surface area contributed by atoms with Gasteiger partial charge in [0.15, 0.2) is 0 Å². The maximum atomic E-state index is 10.4. The maximum Gasteiger partial charge on any atom is 0.0759 e. The van der Waals surface area contributed by atoms with Crippen LogP contribution >= 0.6 is 0 Å². The lowest BCUT2D eigenvalue weighted by Crippen LogP contribution is -2.53. The van der Waals surface area contributed by atoms with Gasteiger partial charge in [0.1, 0.15) is 0 Å². The van der Waals surface area contributed by atoms with Crippen LogP contribution in [0.4, 0.5) is 0 Å². The number of aromatic nitrogens is 1. The van der Waals surface area contributed by atoms with Crippen LogP contribution in [0.3, 0.4) is 0 Å². The lowest BCUT2D eigenvalue weighted by atomic mass is 9.90. The normalized spacial score (nSPS) is 14.0. The van der Waals surface area contributed by atoms with E-state index in [9.17, 15) is 5.11 Å². The van der Waals surface area contributed by atoms with E-state index >= 15 is 0 Å². The summed E-state index contributed by atoms with van der Waals surface area (Å²) >= 11 is 0. The molecule has 0 aliphatic rings. The number of likely N-dealkylation sites (N-methyl/N-ethyl adjacent to an activating group) is 1. The SMILES string of the molecule is CCN(CC)C(C)(C)C(O)Cc1cccnc1. The summed E-state index contributed by atoms with van der Waals surface area (Å²) in [6.45, 7) is 10.4. The molecule has 0 aliphatic heterocycles. The molecule has 1 atom stereocenters. The van der Waals surface area contributed by atoms with E-state index in [1.54, 1.807) is 6.20 Å². The highest BCUT2D eigenvalue weighted by atomic mass is 16.3. The Morgan fingerprint density at radius 1 is 1.35 bits per heavy atom. The highest BCUT2D eigenvalue weighted by Gasteiger charge is 2.32. The number of hydrogen-bond acceptors (Lipinski definition) is 3. The molecule has 1 aromatic heterocycles. The molecule has 96 valence electrons. The third kappa shape index (κ3) is 3.51. The van der Waals surface area contributed by atoms with Gasteiger partial charge < -0.3 is 5.11 Å². The summed E-state index contributed by atoms with van der Waals surface area (Å²) in [5.41, 5.74) is 0.875. The molecule has 1 heterocycles. The number of aliphatic hydroxyl groups excluding tert-OH is 1. The average molecular weight is 236 g/mol. The molecule has 0 saturated heterocycles. The first kappa shape index (κ1) is 14.1. The lowest BCUT2D eigenvalue weighted by Gasteiger charge is -2.41. The largest absolute Gasteiger partial charge is 0.391 e. The van der Waals surface area contributed by atoms with Gasteiger partial charge in [-0.25, -0.2) is 0 Å². The average Bonchev–Trinajstić information content (AvgIpc) is 2.31. The molecular weight excluding hydrogens is 212 g/mol. The Hall–Kier alpha value is -0.930. The molecule has 1 aromatic rings. The van der Waals surface area contributed by atoms with Crippen LogP contribution < -0.4 is 0 Å². The molecule has 0 aromatic carbocycles. The van der Waals surface area contributed by atoms with Crippen LogP contribution in [-0.4, -0.2) is 39.7 Å². The van der Waals surface area contributed by atoms with Crippen molar-refractivity contribution in [2.45, 2.75) is 45.8 Å². The van der Waals surface area contributed by atoms with Gasteiger partial charge in [0.05, 0.1) is 6.10 Å². The van der Waals surface area contributed by atoms with Crippen molar-refractivity contribution in [2.75, 3.05) is 13.1 Å². The van der Waals surface area contributed by atoms with E-state index in [0.717, 1.165) is 18.7 Å². The fraction of sp³-hybridized carbons (Fsp3) is 0.643. The zero-order valence-electron chi connectivity index (χ0n) is 11.3. The van der Waals surface area contributed by atoms with Crippen molar-refractivity contribution < 1.29 is 5.11 Å². The van der Waals surface area contributed by atoms with Crippen molar-refractivity contribution in [3.8, 4) is 0 Å². The van der Waals surface area contributed by atoms with Crippen LogP contribution in [0.1, 0.15) is 33.3 Å². The third-order valence-corrected chi connectivity index (χ3v) is 3.55. The van der Waals surface area contributed by atoms with Crippen LogP contribution in [0, 0.1) is 0 Å². The molecule has 3 nitrogen and oxygen atoms in total. The number of hydrogen-bond donors (Lipinski definition) is 1. The van der Waals surface area contributed by atoms with E-state index < -0.39 is 0 Å². The summed E-state index contributed by atoms with van der Waals surface area (Å²) in [4.78, 5) is 6.37. The topological polar surface area (TPSA) is 36.4 Å². The van der Waals surface area contributed by atoms with Gasteiger partial charge in [0.2, 0.25) is 0 Å². The minimum Gasteiger partial charge on any atom is -0.391 e. The van der Waals surface area contributed by atoms with Crippen LogP contribution in [0.5, 0.6) is 0 Å². The Kier molecular flexibility index (Phi) is 5.09. The first-order chi connectivity index (χ1) is 8.02. The molecule has 17 heavy (non-hydrogen) atoms. The van der Waals surface area contributed by atoms with E-state index in [4.69, 9.17) is 0 Å². The molecule has 0 amide bonds. The van der Waals surface area contributed by atoms with Crippen molar-refractivity contribution in [3.63, 3.8) is 0 Å². The zero-order valence-corrected chi connectivity index (χ0v) is 11.3. The second kappa shape index (κ2) is 6.12. The smallest absolute Gasteiger partial charge is 0.0759 e. The Balaban J connectivity index is 2.71. The first-order valence-electron chi connectivity index (χ1n) is 6.34. The molecule has 0 saturated carbocycles. The summed E-state index contributed by atoms with van der Waals surface area (Å²) in [6, 6.07) is 3.92. The van der Waals surface area contributed by atoms with Crippen LogP contribution in [0.25, 0.3) is 0 Å². The summed E-state index contributed by atoms with van der Waals surface area (Å²) in [7, 11) is 0. The standard InChI is InChI=1S/C14H24N2O/c1-5-16(6-2)14(3,4)13(17)10-12-8-7-9-15-11-12/h7-9,11,13,17H,5-6,10H2,1-4H3. The van der Waals surface area contributed by atoms with Gasteiger partial charge in [-0.3, -0.25) is 9.88 Å². The van der Waals surface area contributed by atoms with Crippen molar-refractivity contribution >= 4 is 0 Å². The predicted octanol–water partition coefficient (Wildman–Crippen LogP) is 2.11. The maximum absolute atomic E-state index is 10.4. The summed E-state index contributed by atoms with van der Waals surface area (Å²) in [5, 5.41) is 10.4. The molecular formula is C14H24N2O. The first-order valence-corrected chi connectivity index (χ1v) is 6.34. The highest BCUT2D eigenvalue weighted by molar-refractivity contribution is 5.11. The van der Waals surface area contributed by atoms with Crippen molar-refractivity contribution in [1.82, 2.24) is 9.88 Å². The van der Waals surface area contributed by atoms with Gasteiger partial charge in [0.25, 0.3) is 0 Å². The van der Waals surface area contributed by atoms with Gasteiger partial charge in [0, 0.05) is 24.4 Å². The fourth-order valence-electron chi connectivity index (χ4n) is 2.24. The van der Waals surface area contributed by atoms with Crippen molar-refractivity contribution in [3.05, 3.63) is 30.1 Å². The van der Waals surface area contributed by atoms with E-state index in [0.29, 0.717) is 6.42 Å². The molecule has 0 bridgehead atoms. The minimum absolute atomic E-state index is 0.209. The second-order valence-electron chi connectivity index (χ2n) is 4.91. The molecule has 0 fully saturated rings. The Morgan fingerprint density at radius 3 is 2.47 bits per heavy atom. The van der Waals surface area contributed by atoms with E-state index in [-0.39, 0.29) is 11.6 Å². The number of aliphatic hydroxyl groups is 1. The molecule has 0 spiro atoms. The molecule has 1 unspecified atom stereocenters. The van der Waals surface area contributed by atoms with Crippen molar-refractivity contribution in [1.29, 1.82) is 0 Å². The second-order valence-corrected chi connectivity index (χ2v) is 4.91. The monoisotopic (exact) mass is 236 g/mol. The Morgan fingerprint density at radius 2 is 2.00 bits per heavy atom. The summed E-state index contributed by atoms with van der Waals surface area (Å²) in [6.07, 6.45) is 3.84. The van der Waals surface area contributed by atoms with Gasteiger partial charge in [-0.2, -0.15) is 0 Å². The quantitative estimate of drug-likeness (QED) is 0.822. The molecule has 0 aliphatic carbocycles. The van der Waals surface area contributed by atoms with E-state index in [1.165, 1.54) is 0 Å². The lowest BCUT2D eigenvalue weighted by molar-refractivity contribution is -0.00418. The number of rotatable bonds is 6. The van der Waals surface area contributed by atoms with Gasteiger partial charge in [-0.15, -0.1) is 0 Å². The van der Waals surface area contributed by atoms with Gasteiger partial charge >= 0.3 is 0 Å². The Bertz CT molecular complexity index is 320. The predicted molar refractivity (Wildman–Crippen MR) is 70.9 cm³/mol. The highest BCUT2D eigenvalue weighted by Crippen LogP contribution is 2.21. The Labute approximate surface area is 104 Å². The fourth-order valence-corrected chi connectivity index (χ4v) is 2.24. The van der Waals surface area contributed by atoms with Crippen LogP contribution in [0.2, 0.25) is 0 Å². The van der Waals surface area contributed by atoms with E-state index in [2.05, 4.69) is 37.6 Å².